The molecule has 2 aliphatic rings. The van der Waals surface area contributed by atoms with Crippen LogP contribution in [0.1, 0.15) is 83.3 Å². The van der Waals surface area contributed by atoms with E-state index in [4.69, 9.17) is 0 Å². The molecule has 0 saturated heterocycles. The van der Waals surface area contributed by atoms with E-state index in [9.17, 15) is 14.7 Å². The third kappa shape index (κ3) is 5.11. The molecule has 2 N–H and O–H groups in total. The fourth-order valence-electron chi connectivity index (χ4n) is 6.26. The van der Waals surface area contributed by atoms with Gasteiger partial charge in [0.25, 0.3) is 5.91 Å². The first-order valence-electron chi connectivity index (χ1n) is 13.3. The number of amides is 1. The minimum Gasteiger partial charge on any atom is -0.481 e. The van der Waals surface area contributed by atoms with E-state index in [1.165, 1.54) is 27.1 Å². The SMILES string of the molecule is Cc1sc(C)c(C(=O)NC2CC3(C2)CC(C(=O)O)C3)c1Cc1ccc(-c2ccc(C(C)(C)C)cc2)cc1. The molecule has 1 heterocycles. The Labute approximate surface area is 224 Å². The summed E-state index contributed by atoms with van der Waals surface area (Å²) in [6.45, 7) is 10.8. The van der Waals surface area contributed by atoms with Crippen molar-refractivity contribution in [2.45, 2.75) is 78.2 Å². The number of carboxylic acids is 1. The molecule has 5 heteroatoms. The minimum atomic E-state index is -0.682. The van der Waals surface area contributed by atoms with Crippen molar-refractivity contribution in [1.29, 1.82) is 0 Å². The number of carbonyl (C=O) groups is 2. The Bertz CT molecular complexity index is 1310. The Morgan fingerprint density at radius 2 is 1.49 bits per heavy atom. The van der Waals surface area contributed by atoms with E-state index in [1.54, 1.807) is 11.3 Å². The minimum absolute atomic E-state index is 0.0152. The molecule has 2 aliphatic carbocycles. The van der Waals surface area contributed by atoms with Crippen molar-refractivity contribution in [1.82, 2.24) is 5.32 Å². The van der Waals surface area contributed by atoms with Gasteiger partial charge in [-0.15, -0.1) is 11.3 Å². The Hall–Kier alpha value is -2.92. The maximum atomic E-state index is 13.3. The number of nitrogens with one attached hydrogen (secondary N) is 1. The zero-order chi connectivity index (χ0) is 26.5. The topological polar surface area (TPSA) is 66.4 Å². The molecule has 194 valence electrons. The molecule has 0 atom stereocenters. The van der Waals surface area contributed by atoms with Crippen molar-refractivity contribution < 1.29 is 14.7 Å². The second-order valence-electron chi connectivity index (χ2n) is 12.3. The summed E-state index contributed by atoms with van der Waals surface area (Å²) in [7, 11) is 0. The zero-order valence-electron chi connectivity index (χ0n) is 22.5. The van der Waals surface area contributed by atoms with Crippen LogP contribution in [0.5, 0.6) is 0 Å². The van der Waals surface area contributed by atoms with Gasteiger partial charge in [0, 0.05) is 15.8 Å². The molecule has 2 fully saturated rings. The highest BCUT2D eigenvalue weighted by atomic mass is 32.1. The summed E-state index contributed by atoms with van der Waals surface area (Å²) in [5, 5.41) is 12.4. The van der Waals surface area contributed by atoms with E-state index in [0.29, 0.717) is 0 Å². The first-order valence-corrected chi connectivity index (χ1v) is 14.1. The van der Waals surface area contributed by atoms with E-state index in [-0.39, 0.29) is 28.7 Å². The van der Waals surface area contributed by atoms with Gasteiger partial charge < -0.3 is 10.4 Å². The lowest BCUT2D eigenvalue weighted by Gasteiger charge is -2.56. The largest absolute Gasteiger partial charge is 0.481 e. The highest BCUT2D eigenvalue weighted by Crippen LogP contribution is 2.58. The molecular formula is C32H37NO3S. The molecule has 5 rings (SSSR count). The van der Waals surface area contributed by atoms with Crippen molar-refractivity contribution in [3.63, 3.8) is 0 Å². The Balaban J connectivity index is 1.25. The van der Waals surface area contributed by atoms with E-state index in [2.05, 4.69) is 81.5 Å². The highest BCUT2D eigenvalue weighted by Gasteiger charge is 2.55. The van der Waals surface area contributed by atoms with Crippen molar-refractivity contribution in [3.8, 4) is 11.1 Å². The Morgan fingerprint density at radius 3 is 2.03 bits per heavy atom. The van der Waals surface area contributed by atoms with Gasteiger partial charge in [0.2, 0.25) is 0 Å². The summed E-state index contributed by atoms with van der Waals surface area (Å²) in [5.41, 5.74) is 7.16. The van der Waals surface area contributed by atoms with Crippen molar-refractivity contribution in [2.75, 3.05) is 0 Å². The smallest absolute Gasteiger partial charge is 0.306 e. The quantitative estimate of drug-likeness (QED) is 0.362. The normalized spacial score (nSPS) is 22.8. The fraction of sp³-hybridized carbons (Fsp3) is 0.438. The first kappa shape index (κ1) is 25.7. The molecule has 0 unspecified atom stereocenters. The lowest BCUT2D eigenvalue weighted by Crippen LogP contribution is -2.57. The number of thiophene rings is 1. The molecule has 37 heavy (non-hydrogen) atoms. The molecule has 1 amide bonds. The van der Waals surface area contributed by atoms with Gasteiger partial charge in [-0.25, -0.2) is 0 Å². The van der Waals surface area contributed by atoms with Gasteiger partial charge in [0.15, 0.2) is 0 Å². The number of aryl methyl sites for hydroxylation is 2. The number of carboxylic acid groups (broad SMARTS) is 1. The summed E-state index contributed by atoms with van der Waals surface area (Å²) in [4.78, 5) is 26.7. The number of benzene rings is 2. The van der Waals surface area contributed by atoms with Gasteiger partial charge in [-0.1, -0.05) is 69.3 Å². The predicted molar refractivity (Wildman–Crippen MR) is 150 cm³/mol. The Kier molecular flexibility index (Phi) is 6.56. The maximum absolute atomic E-state index is 13.3. The second kappa shape index (κ2) is 9.43. The Morgan fingerprint density at radius 1 is 0.919 bits per heavy atom. The van der Waals surface area contributed by atoms with Crippen molar-refractivity contribution in [2.24, 2.45) is 11.3 Å². The van der Waals surface area contributed by atoms with Gasteiger partial charge in [-0.3, -0.25) is 9.59 Å². The molecule has 1 spiro atoms. The van der Waals surface area contributed by atoms with E-state index < -0.39 is 5.97 Å². The van der Waals surface area contributed by atoms with E-state index >= 15 is 0 Å². The van der Waals surface area contributed by atoms with Crippen molar-refractivity contribution in [3.05, 3.63) is 80.5 Å². The van der Waals surface area contributed by atoms with Crippen LogP contribution in [-0.4, -0.2) is 23.0 Å². The van der Waals surface area contributed by atoms with Crippen molar-refractivity contribution >= 4 is 23.2 Å². The zero-order valence-corrected chi connectivity index (χ0v) is 23.3. The van der Waals surface area contributed by atoms with Gasteiger partial charge in [-0.05, 0) is 84.6 Å². The van der Waals surface area contributed by atoms with Crippen LogP contribution in [0, 0.1) is 25.2 Å². The highest BCUT2D eigenvalue weighted by molar-refractivity contribution is 7.12. The average molecular weight is 516 g/mol. The summed E-state index contributed by atoms with van der Waals surface area (Å²) in [5.74, 6) is -0.862. The average Bonchev–Trinajstić information content (AvgIpc) is 3.06. The fourth-order valence-corrected chi connectivity index (χ4v) is 7.34. The van der Waals surface area contributed by atoms with Gasteiger partial charge in [0.1, 0.15) is 0 Å². The van der Waals surface area contributed by atoms with Crippen LogP contribution < -0.4 is 5.32 Å². The molecular weight excluding hydrogens is 478 g/mol. The molecule has 4 nitrogen and oxygen atoms in total. The van der Waals surface area contributed by atoms with Crippen LogP contribution in [0.15, 0.2) is 48.5 Å². The molecule has 0 radical (unpaired) electrons. The van der Waals surface area contributed by atoms with Gasteiger partial charge in [0.05, 0.1) is 11.5 Å². The number of aliphatic carboxylic acids is 1. The van der Waals surface area contributed by atoms with Crippen LogP contribution in [0.25, 0.3) is 11.1 Å². The molecule has 2 aromatic carbocycles. The van der Waals surface area contributed by atoms with Crippen LogP contribution >= 0.6 is 11.3 Å². The molecule has 2 saturated carbocycles. The van der Waals surface area contributed by atoms with Crippen LogP contribution in [0.4, 0.5) is 0 Å². The number of hydrogen-bond acceptors (Lipinski definition) is 3. The summed E-state index contributed by atoms with van der Waals surface area (Å²) in [6.07, 6.45) is 4.05. The summed E-state index contributed by atoms with van der Waals surface area (Å²) in [6, 6.07) is 17.7. The van der Waals surface area contributed by atoms with Crippen LogP contribution in [0.2, 0.25) is 0 Å². The standard InChI is InChI=1S/C32H37NO3S/c1-19-27(14-21-6-8-22(9-7-21)23-10-12-25(13-11-23)31(3,4)5)28(20(2)37-19)29(34)33-26-17-32(18-26)15-24(16-32)30(35)36/h6-13,24,26H,14-18H2,1-5H3,(H,33,34)(H,35,36). The van der Waals surface area contributed by atoms with Gasteiger partial charge >= 0.3 is 5.97 Å². The molecule has 3 aromatic rings. The van der Waals surface area contributed by atoms with Gasteiger partial charge in [-0.2, -0.15) is 0 Å². The lowest BCUT2D eigenvalue weighted by molar-refractivity contribution is -0.155. The number of carbonyl (C=O) groups excluding carboxylic acids is 1. The van der Waals surface area contributed by atoms with Crippen LogP contribution in [-0.2, 0) is 16.6 Å². The van der Waals surface area contributed by atoms with E-state index in [0.717, 1.165) is 48.1 Å². The number of hydrogen-bond donors (Lipinski definition) is 2. The third-order valence-corrected chi connectivity index (χ3v) is 9.50. The maximum Gasteiger partial charge on any atom is 0.306 e. The predicted octanol–water partition coefficient (Wildman–Crippen LogP) is 7.29. The summed E-state index contributed by atoms with van der Waals surface area (Å²) >= 11 is 1.69. The van der Waals surface area contributed by atoms with E-state index in [1.807, 2.05) is 6.92 Å². The monoisotopic (exact) mass is 515 g/mol. The lowest BCUT2D eigenvalue weighted by atomic mass is 9.50. The first-order chi connectivity index (χ1) is 17.4. The molecule has 0 aliphatic heterocycles. The second-order valence-corrected chi connectivity index (χ2v) is 13.7. The number of rotatable bonds is 6. The molecule has 0 bridgehead atoms. The third-order valence-electron chi connectivity index (χ3n) is 8.43. The molecule has 1 aromatic heterocycles. The van der Waals surface area contributed by atoms with Crippen LogP contribution in [0.3, 0.4) is 0 Å². The summed E-state index contributed by atoms with van der Waals surface area (Å²) < 4.78 is 0.